The highest BCUT2D eigenvalue weighted by atomic mass is 35.5. The lowest BCUT2D eigenvalue weighted by atomic mass is 9.97. The number of pyridine rings is 1. The van der Waals surface area contributed by atoms with Gasteiger partial charge in [-0.3, -0.25) is 4.79 Å². The van der Waals surface area contributed by atoms with Crippen molar-refractivity contribution in [2.45, 2.75) is 12.8 Å². The molecule has 7 heteroatoms. The Morgan fingerprint density at radius 1 is 1.28 bits per heavy atom. The Morgan fingerprint density at radius 2 is 2.16 bits per heavy atom. The first-order chi connectivity index (χ1) is 12.2. The molecule has 0 spiro atoms. The van der Waals surface area contributed by atoms with E-state index in [0.717, 1.165) is 30.0 Å². The molecule has 0 unspecified atom stereocenters. The molecule has 1 fully saturated rings. The molecular formula is C18H17ClN4OS. The highest BCUT2D eigenvalue weighted by Gasteiger charge is 2.27. The molecule has 2 aromatic heterocycles. The summed E-state index contributed by atoms with van der Waals surface area (Å²) in [5.41, 5.74) is 1.01. The van der Waals surface area contributed by atoms with Gasteiger partial charge in [0.1, 0.15) is 5.82 Å². The lowest BCUT2D eigenvalue weighted by Gasteiger charge is -2.31. The lowest BCUT2D eigenvalue weighted by molar-refractivity contribution is -0.120. The minimum atomic E-state index is -0.0711. The second kappa shape index (κ2) is 6.98. The number of para-hydroxylation sites is 1. The first-order valence-electron chi connectivity index (χ1n) is 8.22. The predicted octanol–water partition coefficient (Wildman–Crippen LogP) is 4.20. The normalized spacial score (nSPS) is 17.6. The molecule has 0 saturated carbocycles. The van der Waals surface area contributed by atoms with Gasteiger partial charge in [-0.15, -0.1) is 0 Å². The number of fused-ring (bicyclic) bond motifs is 1. The van der Waals surface area contributed by atoms with Crippen LogP contribution in [0.15, 0.2) is 42.6 Å². The van der Waals surface area contributed by atoms with Crippen LogP contribution in [0.2, 0.25) is 5.02 Å². The van der Waals surface area contributed by atoms with Gasteiger partial charge in [0, 0.05) is 19.3 Å². The number of amides is 1. The largest absolute Gasteiger partial charge is 0.347 e. The van der Waals surface area contributed by atoms with Crippen LogP contribution in [0.25, 0.3) is 10.2 Å². The zero-order valence-corrected chi connectivity index (χ0v) is 15.1. The summed E-state index contributed by atoms with van der Waals surface area (Å²) in [4.78, 5) is 23.6. The second-order valence-electron chi connectivity index (χ2n) is 6.10. The van der Waals surface area contributed by atoms with Crippen molar-refractivity contribution in [3.8, 4) is 0 Å². The molecule has 0 aliphatic carbocycles. The van der Waals surface area contributed by atoms with Gasteiger partial charge in [-0.05, 0) is 37.1 Å². The molecule has 25 heavy (non-hydrogen) atoms. The lowest BCUT2D eigenvalue weighted by Crippen LogP contribution is -2.40. The van der Waals surface area contributed by atoms with E-state index in [1.165, 1.54) is 10.9 Å². The van der Waals surface area contributed by atoms with Gasteiger partial charge in [-0.1, -0.05) is 35.1 Å². The average molecular weight is 373 g/mol. The molecule has 3 aromatic rings. The van der Waals surface area contributed by atoms with Gasteiger partial charge < -0.3 is 10.2 Å². The number of nitrogens with zero attached hydrogens (tertiary/aromatic N) is 3. The number of anilines is 2. The van der Waals surface area contributed by atoms with E-state index in [-0.39, 0.29) is 11.8 Å². The van der Waals surface area contributed by atoms with Crippen LogP contribution < -0.4 is 10.2 Å². The fourth-order valence-electron chi connectivity index (χ4n) is 3.04. The number of hydrogen-bond acceptors (Lipinski definition) is 5. The third-order valence-electron chi connectivity index (χ3n) is 4.32. The Kier molecular flexibility index (Phi) is 4.55. The summed E-state index contributed by atoms with van der Waals surface area (Å²) < 4.78 is 1.18. The monoisotopic (exact) mass is 372 g/mol. The Balaban J connectivity index is 1.46. The summed E-state index contributed by atoms with van der Waals surface area (Å²) in [5, 5.41) is 4.43. The van der Waals surface area contributed by atoms with Crippen molar-refractivity contribution >= 4 is 50.0 Å². The van der Waals surface area contributed by atoms with Crippen LogP contribution >= 0.6 is 22.9 Å². The molecule has 1 aliphatic rings. The maximum atomic E-state index is 12.6. The van der Waals surface area contributed by atoms with Crippen LogP contribution in [0.4, 0.5) is 10.9 Å². The third-order valence-corrected chi connectivity index (χ3v) is 5.64. The number of piperidine rings is 1. The molecule has 5 nitrogen and oxygen atoms in total. The molecule has 3 heterocycles. The average Bonchev–Trinajstić information content (AvgIpc) is 3.08. The van der Waals surface area contributed by atoms with E-state index < -0.39 is 0 Å². The molecular weight excluding hydrogens is 356 g/mol. The number of nitrogens with one attached hydrogen (secondary N) is 1. The van der Waals surface area contributed by atoms with Gasteiger partial charge in [0.2, 0.25) is 5.91 Å². The fourth-order valence-corrected chi connectivity index (χ4v) is 4.15. The molecule has 1 aromatic carbocycles. The predicted molar refractivity (Wildman–Crippen MR) is 102 cm³/mol. The number of rotatable bonds is 3. The summed E-state index contributed by atoms with van der Waals surface area (Å²) in [6.07, 6.45) is 3.38. The van der Waals surface area contributed by atoms with Crippen LogP contribution in [-0.4, -0.2) is 29.0 Å². The number of halogens is 1. The summed E-state index contributed by atoms with van der Waals surface area (Å²) in [7, 11) is 0. The molecule has 1 amide bonds. The molecule has 1 atom stereocenters. The fraction of sp³-hybridized carbons (Fsp3) is 0.278. The van der Waals surface area contributed by atoms with Crippen LogP contribution in [0.1, 0.15) is 12.8 Å². The zero-order valence-electron chi connectivity index (χ0n) is 13.5. The molecule has 1 aliphatic heterocycles. The molecule has 128 valence electrons. The van der Waals surface area contributed by atoms with E-state index in [0.29, 0.717) is 17.4 Å². The van der Waals surface area contributed by atoms with Gasteiger partial charge in [0.15, 0.2) is 5.13 Å². The second-order valence-corrected chi connectivity index (χ2v) is 7.55. The minimum Gasteiger partial charge on any atom is -0.347 e. The van der Waals surface area contributed by atoms with E-state index in [1.807, 2.05) is 18.2 Å². The highest BCUT2D eigenvalue weighted by molar-refractivity contribution is 7.22. The van der Waals surface area contributed by atoms with Crippen molar-refractivity contribution < 1.29 is 4.79 Å². The molecule has 1 saturated heterocycles. The summed E-state index contributed by atoms with van der Waals surface area (Å²) in [6.45, 7) is 1.61. The number of thiazole rings is 1. The highest BCUT2D eigenvalue weighted by Crippen LogP contribution is 2.31. The Labute approximate surface area is 154 Å². The Hall–Kier alpha value is -2.18. The standard InChI is InChI=1S/C18H17ClN4OS/c19-13-7-8-16(20-10-13)22-17(24)12-4-3-9-23(11-12)18-21-14-5-1-2-6-15(14)25-18/h1-2,5-8,10,12H,3-4,9,11H2,(H,20,22,24)/t12-/m0/s1. The van der Waals surface area contributed by atoms with Gasteiger partial charge in [0.05, 0.1) is 21.2 Å². The summed E-state index contributed by atoms with van der Waals surface area (Å²) in [6, 6.07) is 11.6. The van der Waals surface area contributed by atoms with Gasteiger partial charge in [-0.25, -0.2) is 9.97 Å². The first kappa shape index (κ1) is 16.3. The van der Waals surface area contributed by atoms with Gasteiger partial charge >= 0.3 is 0 Å². The topological polar surface area (TPSA) is 58.1 Å². The molecule has 4 rings (SSSR count). The smallest absolute Gasteiger partial charge is 0.230 e. The van der Waals surface area contributed by atoms with E-state index in [4.69, 9.17) is 16.6 Å². The van der Waals surface area contributed by atoms with E-state index >= 15 is 0 Å². The number of aromatic nitrogens is 2. The van der Waals surface area contributed by atoms with Crippen LogP contribution in [-0.2, 0) is 4.79 Å². The van der Waals surface area contributed by atoms with Gasteiger partial charge in [0.25, 0.3) is 0 Å². The van der Waals surface area contributed by atoms with Crippen LogP contribution in [0.5, 0.6) is 0 Å². The minimum absolute atomic E-state index is 0.000587. The van der Waals surface area contributed by atoms with Crippen molar-refractivity contribution in [2.24, 2.45) is 5.92 Å². The SMILES string of the molecule is O=C(Nc1ccc(Cl)cn1)[C@H]1CCCN(c2nc3ccccc3s2)C1. The number of carbonyl (C=O) groups is 1. The first-order valence-corrected chi connectivity index (χ1v) is 9.41. The van der Waals surface area contributed by atoms with Crippen molar-refractivity contribution in [1.82, 2.24) is 9.97 Å². The maximum absolute atomic E-state index is 12.6. The Bertz CT molecular complexity index is 862. The quantitative estimate of drug-likeness (QED) is 0.748. The van der Waals surface area contributed by atoms with Crippen molar-refractivity contribution in [3.05, 3.63) is 47.6 Å². The van der Waals surface area contributed by atoms with Crippen molar-refractivity contribution in [1.29, 1.82) is 0 Å². The van der Waals surface area contributed by atoms with Crippen molar-refractivity contribution in [2.75, 3.05) is 23.3 Å². The zero-order chi connectivity index (χ0) is 17.2. The number of carbonyl (C=O) groups excluding carboxylic acids is 1. The van der Waals surface area contributed by atoms with Crippen molar-refractivity contribution in [3.63, 3.8) is 0 Å². The maximum Gasteiger partial charge on any atom is 0.230 e. The third kappa shape index (κ3) is 3.60. The van der Waals surface area contributed by atoms with Gasteiger partial charge in [-0.2, -0.15) is 0 Å². The molecule has 0 radical (unpaired) electrons. The number of hydrogen-bond donors (Lipinski definition) is 1. The Morgan fingerprint density at radius 3 is 2.96 bits per heavy atom. The molecule has 0 bridgehead atoms. The van der Waals surface area contributed by atoms with E-state index in [1.54, 1.807) is 23.5 Å². The number of benzene rings is 1. The van der Waals surface area contributed by atoms with Crippen LogP contribution in [0.3, 0.4) is 0 Å². The summed E-state index contributed by atoms with van der Waals surface area (Å²) in [5.74, 6) is 0.463. The van der Waals surface area contributed by atoms with E-state index in [9.17, 15) is 4.79 Å². The van der Waals surface area contributed by atoms with Crippen LogP contribution in [0, 0.1) is 5.92 Å². The summed E-state index contributed by atoms with van der Waals surface area (Å²) >= 11 is 7.51. The molecule has 1 N–H and O–H groups in total. The van der Waals surface area contributed by atoms with E-state index in [2.05, 4.69) is 21.3 Å².